The maximum Gasteiger partial charge on any atom is 0.300 e. The van der Waals surface area contributed by atoms with Crippen molar-refractivity contribution in [1.82, 2.24) is 9.88 Å². The molecule has 7 nitrogen and oxygen atoms in total. The van der Waals surface area contributed by atoms with E-state index in [-0.39, 0.29) is 22.5 Å². The second kappa shape index (κ2) is 6.15. The molecule has 0 aromatic carbocycles. The van der Waals surface area contributed by atoms with Crippen LogP contribution in [0.3, 0.4) is 0 Å². The number of hydrogen-bond donors (Lipinski definition) is 0. The highest BCUT2D eigenvalue weighted by atomic mass is 35.5. The molecule has 0 N–H and O–H groups in total. The Hall–Kier alpha value is -1.73. The summed E-state index contributed by atoms with van der Waals surface area (Å²) in [5.41, 5.74) is -0.374. The Kier molecular flexibility index (Phi) is 4.51. The number of nitrogens with zero attached hydrogens (tertiary/aromatic N) is 3. The minimum atomic E-state index is -0.631. The van der Waals surface area contributed by atoms with Crippen molar-refractivity contribution in [2.75, 3.05) is 19.7 Å². The number of hydrogen-bond acceptors (Lipinski definition) is 5. The van der Waals surface area contributed by atoms with Crippen LogP contribution in [0.5, 0.6) is 0 Å². The van der Waals surface area contributed by atoms with Crippen LogP contribution in [-0.2, 0) is 4.74 Å². The summed E-state index contributed by atoms with van der Waals surface area (Å²) in [7, 11) is 0. The average Bonchev–Trinajstić information content (AvgIpc) is 2.62. The molecule has 108 valence electrons. The normalized spacial score (nSPS) is 19.5. The molecule has 1 saturated heterocycles. The number of nitro groups is 1. The van der Waals surface area contributed by atoms with E-state index >= 15 is 0 Å². The van der Waals surface area contributed by atoms with Crippen molar-refractivity contribution in [1.29, 1.82) is 0 Å². The van der Waals surface area contributed by atoms with E-state index in [9.17, 15) is 14.9 Å². The first-order chi connectivity index (χ1) is 9.49. The summed E-state index contributed by atoms with van der Waals surface area (Å²) in [6.07, 6.45) is 1.61. The zero-order chi connectivity index (χ0) is 14.7. The fraction of sp³-hybridized carbons (Fsp3) is 0.500. The molecule has 1 aromatic heterocycles. The van der Waals surface area contributed by atoms with Crippen LogP contribution in [-0.4, -0.2) is 46.5 Å². The van der Waals surface area contributed by atoms with Crippen LogP contribution in [0, 0.1) is 10.1 Å². The van der Waals surface area contributed by atoms with E-state index in [1.165, 1.54) is 6.07 Å². The number of rotatable bonds is 2. The van der Waals surface area contributed by atoms with E-state index in [2.05, 4.69) is 4.98 Å². The number of ether oxygens (including phenoxy) is 1. The SMILES string of the molecule is CC1CN(C(=O)c2cc(Cl)ncc2[N+](=O)[O-])CCCO1. The van der Waals surface area contributed by atoms with Crippen LogP contribution in [0.1, 0.15) is 23.7 Å². The Morgan fingerprint density at radius 2 is 2.40 bits per heavy atom. The van der Waals surface area contributed by atoms with Gasteiger partial charge in [0.1, 0.15) is 16.9 Å². The topological polar surface area (TPSA) is 85.6 Å². The molecule has 1 aliphatic rings. The van der Waals surface area contributed by atoms with Gasteiger partial charge in [0.25, 0.3) is 11.6 Å². The number of amides is 1. The van der Waals surface area contributed by atoms with Crippen molar-refractivity contribution < 1.29 is 14.5 Å². The van der Waals surface area contributed by atoms with E-state index in [4.69, 9.17) is 16.3 Å². The summed E-state index contributed by atoms with van der Waals surface area (Å²) in [5.74, 6) is -0.418. The lowest BCUT2D eigenvalue weighted by Gasteiger charge is -2.22. The van der Waals surface area contributed by atoms with Crippen LogP contribution >= 0.6 is 11.6 Å². The Labute approximate surface area is 120 Å². The van der Waals surface area contributed by atoms with Gasteiger partial charge in [-0.3, -0.25) is 14.9 Å². The lowest BCUT2D eigenvalue weighted by molar-refractivity contribution is -0.385. The average molecular weight is 300 g/mol. The molecule has 1 atom stereocenters. The van der Waals surface area contributed by atoms with Crippen LogP contribution in [0.4, 0.5) is 5.69 Å². The first-order valence-corrected chi connectivity index (χ1v) is 6.57. The highest BCUT2D eigenvalue weighted by molar-refractivity contribution is 6.29. The fourth-order valence-electron chi connectivity index (χ4n) is 2.09. The van der Waals surface area contributed by atoms with Crippen LogP contribution < -0.4 is 0 Å². The molecular formula is C12H14ClN3O4. The van der Waals surface area contributed by atoms with Crippen molar-refractivity contribution in [3.05, 3.63) is 33.1 Å². The van der Waals surface area contributed by atoms with E-state index in [1.54, 1.807) is 4.90 Å². The Morgan fingerprint density at radius 1 is 1.65 bits per heavy atom. The molecule has 8 heteroatoms. The molecule has 0 spiro atoms. The highest BCUT2D eigenvalue weighted by Crippen LogP contribution is 2.23. The molecule has 0 bridgehead atoms. The van der Waals surface area contributed by atoms with Gasteiger partial charge in [0.15, 0.2) is 0 Å². The Morgan fingerprint density at radius 3 is 3.10 bits per heavy atom. The molecule has 2 rings (SSSR count). The molecule has 0 radical (unpaired) electrons. The largest absolute Gasteiger partial charge is 0.377 e. The van der Waals surface area contributed by atoms with Gasteiger partial charge >= 0.3 is 0 Å². The first kappa shape index (κ1) is 14.7. The van der Waals surface area contributed by atoms with Gasteiger partial charge in [0.05, 0.1) is 11.0 Å². The van der Waals surface area contributed by atoms with E-state index < -0.39 is 10.8 Å². The molecule has 1 fully saturated rings. The maximum absolute atomic E-state index is 12.5. The van der Waals surface area contributed by atoms with Crippen molar-refractivity contribution >= 4 is 23.2 Å². The molecule has 1 aromatic rings. The Balaban J connectivity index is 2.32. The Bertz CT molecular complexity index is 537. The zero-order valence-electron chi connectivity index (χ0n) is 10.9. The monoisotopic (exact) mass is 299 g/mol. The van der Waals surface area contributed by atoms with Crippen LogP contribution in [0.2, 0.25) is 5.15 Å². The minimum Gasteiger partial charge on any atom is -0.377 e. The molecule has 1 aliphatic heterocycles. The third-order valence-corrected chi connectivity index (χ3v) is 3.22. The van der Waals surface area contributed by atoms with Gasteiger partial charge in [0.2, 0.25) is 0 Å². The molecular weight excluding hydrogens is 286 g/mol. The summed E-state index contributed by atoms with van der Waals surface area (Å²) in [4.78, 5) is 28.0. The van der Waals surface area contributed by atoms with Gasteiger partial charge in [-0.1, -0.05) is 11.6 Å². The predicted molar refractivity (Wildman–Crippen MR) is 71.8 cm³/mol. The number of carbonyl (C=O) groups is 1. The van der Waals surface area contributed by atoms with Gasteiger partial charge in [0, 0.05) is 19.7 Å². The van der Waals surface area contributed by atoms with E-state index in [0.29, 0.717) is 26.1 Å². The smallest absolute Gasteiger partial charge is 0.300 e. The third-order valence-electron chi connectivity index (χ3n) is 3.02. The van der Waals surface area contributed by atoms with Gasteiger partial charge < -0.3 is 9.64 Å². The molecule has 1 amide bonds. The van der Waals surface area contributed by atoms with Crippen LogP contribution in [0.25, 0.3) is 0 Å². The molecule has 2 heterocycles. The molecule has 20 heavy (non-hydrogen) atoms. The highest BCUT2D eigenvalue weighted by Gasteiger charge is 2.27. The standard InChI is InChI=1S/C12H14ClN3O4/c1-8-7-15(3-2-4-20-8)12(17)9-5-11(13)14-6-10(9)16(18)19/h5-6,8H,2-4,7H2,1H3. The van der Waals surface area contributed by atoms with Crippen molar-refractivity contribution in [2.45, 2.75) is 19.4 Å². The number of pyridine rings is 1. The van der Waals surface area contributed by atoms with Crippen LogP contribution in [0.15, 0.2) is 12.3 Å². The zero-order valence-corrected chi connectivity index (χ0v) is 11.7. The molecule has 0 aliphatic carbocycles. The summed E-state index contributed by atoms with van der Waals surface area (Å²) in [6.45, 7) is 3.33. The lowest BCUT2D eigenvalue weighted by Crippen LogP contribution is -2.36. The predicted octanol–water partition coefficient (Wildman–Crippen LogP) is 1.89. The van der Waals surface area contributed by atoms with Gasteiger partial charge in [-0.25, -0.2) is 4.98 Å². The second-order valence-electron chi connectivity index (χ2n) is 4.57. The van der Waals surface area contributed by atoms with Crippen molar-refractivity contribution in [3.8, 4) is 0 Å². The summed E-state index contributed by atoms with van der Waals surface area (Å²) in [6, 6.07) is 1.23. The van der Waals surface area contributed by atoms with Gasteiger partial charge in [-0.2, -0.15) is 0 Å². The number of aromatic nitrogens is 1. The number of halogens is 1. The third kappa shape index (κ3) is 3.23. The summed E-state index contributed by atoms with van der Waals surface area (Å²) in [5, 5.41) is 11.0. The first-order valence-electron chi connectivity index (χ1n) is 6.20. The summed E-state index contributed by atoms with van der Waals surface area (Å²) >= 11 is 5.74. The molecule has 1 unspecified atom stereocenters. The van der Waals surface area contributed by atoms with Gasteiger partial charge in [-0.15, -0.1) is 0 Å². The summed E-state index contributed by atoms with van der Waals surface area (Å²) < 4.78 is 5.45. The quantitative estimate of drug-likeness (QED) is 0.473. The second-order valence-corrected chi connectivity index (χ2v) is 4.95. The fourth-order valence-corrected chi connectivity index (χ4v) is 2.25. The number of carbonyl (C=O) groups excluding carboxylic acids is 1. The van der Waals surface area contributed by atoms with Crippen molar-refractivity contribution in [2.24, 2.45) is 0 Å². The lowest BCUT2D eigenvalue weighted by atomic mass is 10.2. The van der Waals surface area contributed by atoms with E-state index in [0.717, 1.165) is 6.20 Å². The maximum atomic E-state index is 12.5. The molecule has 0 saturated carbocycles. The van der Waals surface area contributed by atoms with E-state index in [1.807, 2.05) is 6.92 Å². The van der Waals surface area contributed by atoms with Crippen molar-refractivity contribution in [3.63, 3.8) is 0 Å². The van der Waals surface area contributed by atoms with Gasteiger partial charge in [-0.05, 0) is 19.4 Å². The minimum absolute atomic E-state index is 0.0379.